The summed E-state index contributed by atoms with van der Waals surface area (Å²) in [6.07, 6.45) is 10.3. The highest BCUT2D eigenvalue weighted by atomic mass is 16.7. The van der Waals surface area contributed by atoms with Gasteiger partial charge < -0.3 is 42.6 Å². The van der Waals surface area contributed by atoms with Gasteiger partial charge in [0.1, 0.15) is 24.8 Å². The number of rotatable bonds is 28. The Labute approximate surface area is 290 Å². The topological polar surface area (TPSA) is 100 Å². The number of methoxy groups -OCH3 is 2. The minimum atomic E-state index is -0.505. The van der Waals surface area contributed by atoms with E-state index in [1.807, 2.05) is 20.8 Å². The Kier molecular flexibility index (Phi) is 22.3. The van der Waals surface area contributed by atoms with Crippen molar-refractivity contribution in [3.05, 3.63) is 29.3 Å². The van der Waals surface area contributed by atoms with Crippen LogP contribution in [-0.4, -0.2) is 98.3 Å². The van der Waals surface area contributed by atoms with Gasteiger partial charge in [-0.25, -0.2) is 4.79 Å². The molecule has 0 heterocycles. The molecule has 0 spiro atoms. The lowest BCUT2D eigenvalue weighted by Gasteiger charge is -2.40. The van der Waals surface area contributed by atoms with Crippen LogP contribution < -0.4 is 4.74 Å². The maximum atomic E-state index is 11.6. The van der Waals surface area contributed by atoms with Crippen LogP contribution in [0.15, 0.2) is 18.2 Å². The third-order valence-corrected chi connectivity index (χ3v) is 8.72. The number of unbranched alkanes of at least 4 members (excludes halogenated alkanes) is 1. The summed E-state index contributed by atoms with van der Waals surface area (Å²) in [5.74, 6) is 2.36. The van der Waals surface area contributed by atoms with Crippen LogP contribution in [0, 0.1) is 11.8 Å². The van der Waals surface area contributed by atoms with Crippen LogP contribution in [0.25, 0.3) is 0 Å². The molecule has 278 valence electrons. The maximum Gasteiger partial charge on any atom is 0.332 e. The summed E-state index contributed by atoms with van der Waals surface area (Å²) in [6.45, 7) is 14.2. The number of carbonyl (C=O) groups is 1. The van der Waals surface area contributed by atoms with Crippen molar-refractivity contribution in [2.24, 2.45) is 11.8 Å². The highest BCUT2D eigenvalue weighted by molar-refractivity contribution is 5.71. The fraction of sp³-hybridized carbons (Fsp3) is 0.816. The Balaban J connectivity index is 1.69. The molecule has 1 aromatic rings. The van der Waals surface area contributed by atoms with Crippen LogP contribution in [-0.2, 0) is 49.1 Å². The van der Waals surface area contributed by atoms with Gasteiger partial charge in [-0.2, -0.15) is 0 Å². The first-order valence-corrected chi connectivity index (χ1v) is 18.1. The summed E-state index contributed by atoms with van der Waals surface area (Å²) in [5.41, 5.74) is 2.42. The average Bonchev–Trinajstić information content (AvgIpc) is 3.05. The van der Waals surface area contributed by atoms with Gasteiger partial charge in [0.05, 0.1) is 45.7 Å². The number of carbonyl (C=O) groups excluding carboxylic acids is 1. The van der Waals surface area contributed by atoms with Gasteiger partial charge in [-0.05, 0) is 100 Å². The van der Waals surface area contributed by atoms with E-state index in [-0.39, 0.29) is 25.5 Å². The molecule has 1 aromatic carbocycles. The van der Waals surface area contributed by atoms with Crippen LogP contribution in [0.2, 0.25) is 0 Å². The van der Waals surface area contributed by atoms with E-state index in [4.69, 9.17) is 42.6 Å². The molecule has 0 aliphatic heterocycles. The summed E-state index contributed by atoms with van der Waals surface area (Å²) >= 11 is 0. The molecule has 2 rings (SSSR count). The molecule has 0 N–H and O–H groups in total. The first kappa shape index (κ1) is 42.4. The second kappa shape index (κ2) is 25.2. The third kappa shape index (κ3) is 17.7. The highest BCUT2D eigenvalue weighted by Gasteiger charge is 2.35. The molecule has 1 aliphatic rings. The average molecular weight is 683 g/mol. The van der Waals surface area contributed by atoms with E-state index >= 15 is 0 Å². The zero-order valence-electron chi connectivity index (χ0n) is 31.1. The Hall–Kier alpha value is -1.79. The molecular weight excluding hydrogens is 616 g/mol. The first-order chi connectivity index (χ1) is 23.2. The Morgan fingerprint density at radius 3 is 2.12 bits per heavy atom. The molecule has 10 nitrogen and oxygen atoms in total. The normalized spacial score (nSPS) is 18.4. The highest BCUT2D eigenvalue weighted by Crippen LogP contribution is 2.46. The molecule has 0 saturated heterocycles. The monoisotopic (exact) mass is 682 g/mol. The zero-order chi connectivity index (χ0) is 35.0. The number of fused-ring (bicyclic) bond motifs is 1. The van der Waals surface area contributed by atoms with Crippen molar-refractivity contribution in [2.45, 2.75) is 110 Å². The van der Waals surface area contributed by atoms with Gasteiger partial charge in [0.2, 0.25) is 0 Å². The number of hydrogen-bond donors (Lipinski definition) is 0. The van der Waals surface area contributed by atoms with Gasteiger partial charge in [-0.3, -0.25) is 0 Å². The van der Waals surface area contributed by atoms with E-state index in [0.29, 0.717) is 64.2 Å². The molecule has 0 fully saturated rings. The van der Waals surface area contributed by atoms with Gasteiger partial charge in [0, 0.05) is 20.8 Å². The van der Waals surface area contributed by atoms with Crippen molar-refractivity contribution in [2.75, 3.05) is 80.7 Å². The van der Waals surface area contributed by atoms with Crippen molar-refractivity contribution in [1.29, 1.82) is 0 Å². The lowest BCUT2D eigenvalue weighted by atomic mass is 9.65. The summed E-state index contributed by atoms with van der Waals surface area (Å²) in [7, 11) is 3.33. The summed E-state index contributed by atoms with van der Waals surface area (Å²) in [4.78, 5) is 11.6. The molecule has 4 atom stereocenters. The van der Waals surface area contributed by atoms with Crippen molar-refractivity contribution in [3.8, 4) is 5.75 Å². The van der Waals surface area contributed by atoms with E-state index < -0.39 is 5.60 Å². The zero-order valence-corrected chi connectivity index (χ0v) is 31.1. The van der Waals surface area contributed by atoms with E-state index in [1.165, 1.54) is 30.4 Å². The fourth-order valence-electron chi connectivity index (χ4n) is 6.57. The number of hydrogen-bond acceptors (Lipinski definition) is 10. The van der Waals surface area contributed by atoms with Gasteiger partial charge in [-0.1, -0.05) is 39.2 Å². The van der Waals surface area contributed by atoms with Crippen molar-refractivity contribution in [1.82, 2.24) is 0 Å². The van der Waals surface area contributed by atoms with E-state index in [2.05, 4.69) is 32.0 Å². The Bertz CT molecular complexity index is 965. The standard InChI is InChI=1S/C38H66O10/c1-8-32(46-28-40-6)14-12-15-36-34(9-2)30(25-31-26-33(47-29-41-7)16-17-35(31)36)13-10-11-18-42-19-20-43-21-22-44-23-24-45-27-37(39)48-38(3,4)5/h16-17,26,30,32,34,36H,8-15,18-25,27-29H2,1-7H3. The fourth-order valence-corrected chi connectivity index (χ4v) is 6.57. The minimum Gasteiger partial charge on any atom is -0.468 e. The molecule has 1 aliphatic carbocycles. The van der Waals surface area contributed by atoms with Crippen molar-refractivity contribution >= 4 is 5.97 Å². The molecule has 0 amide bonds. The minimum absolute atomic E-state index is 0.0694. The Morgan fingerprint density at radius 2 is 1.50 bits per heavy atom. The maximum absolute atomic E-state index is 11.6. The molecule has 4 unspecified atom stereocenters. The van der Waals surface area contributed by atoms with E-state index in [1.54, 1.807) is 14.2 Å². The third-order valence-electron chi connectivity index (χ3n) is 8.72. The summed E-state index contributed by atoms with van der Waals surface area (Å²) in [5, 5.41) is 0. The summed E-state index contributed by atoms with van der Waals surface area (Å²) in [6, 6.07) is 6.65. The van der Waals surface area contributed by atoms with Crippen molar-refractivity contribution in [3.63, 3.8) is 0 Å². The predicted molar refractivity (Wildman–Crippen MR) is 187 cm³/mol. The van der Waals surface area contributed by atoms with Gasteiger partial charge >= 0.3 is 5.97 Å². The van der Waals surface area contributed by atoms with E-state index in [9.17, 15) is 4.79 Å². The van der Waals surface area contributed by atoms with Crippen LogP contribution in [0.5, 0.6) is 5.75 Å². The number of ether oxygens (including phenoxy) is 9. The van der Waals surface area contributed by atoms with Crippen LogP contribution in [0.1, 0.15) is 103 Å². The van der Waals surface area contributed by atoms with Crippen LogP contribution in [0.4, 0.5) is 0 Å². The largest absolute Gasteiger partial charge is 0.468 e. The van der Waals surface area contributed by atoms with Crippen molar-refractivity contribution < 1.29 is 47.4 Å². The van der Waals surface area contributed by atoms with Gasteiger partial charge in [0.15, 0.2) is 6.79 Å². The molecule has 0 aromatic heterocycles. The molecule has 10 heteroatoms. The second-order valence-corrected chi connectivity index (χ2v) is 13.6. The molecule has 0 radical (unpaired) electrons. The number of benzene rings is 1. The second-order valence-electron chi connectivity index (χ2n) is 13.6. The smallest absolute Gasteiger partial charge is 0.332 e. The van der Waals surface area contributed by atoms with E-state index in [0.717, 1.165) is 50.9 Å². The molecule has 0 saturated carbocycles. The lowest BCUT2D eigenvalue weighted by Crippen LogP contribution is -2.30. The van der Waals surface area contributed by atoms with Gasteiger partial charge in [-0.15, -0.1) is 0 Å². The van der Waals surface area contributed by atoms with Crippen LogP contribution in [0.3, 0.4) is 0 Å². The molecule has 48 heavy (non-hydrogen) atoms. The quantitative estimate of drug-likeness (QED) is 0.0517. The number of esters is 1. The van der Waals surface area contributed by atoms with Gasteiger partial charge in [0.25, 0.3) is 0 Å². The lowest BCUT2D eigenvalue weighted by molar-refractivity contribution is -0.160. The molecular formula is C38H66O10. The first-order valence-electron chi connectivity index (χ1n) is 18.1. The SMILES string of the molecule is CCC(CCCC1c2ccc(OCOC)cc2CC(CCCCOCCOCCOCCOCC(=O)OC(C)(C)C)C1CC)OCOC. The summed E-state index contributed by atoms with van der Waals surface area (Å²) < 4.78 is 49.4. The van der Waals surface area contributed by atoms with Crippen LogP contribution >= 0.6 is 0 Å². The molecule has 0 bridgehead atoms. The predicted octanol–water partition coefficient (Wildman–Crippen LogP) is 7.10. The Morgan fingerprint density at radius 1 is 0.833 bits per heavy atom.